The van der Waals surface area contributed by atoms with Gasteiger partial charge in [0.05, 0.1) is 18.0 Å². The molecule has 0 bridgehead atoms. The number of benzene rings is 2. The van der Waals surface area contributed by atoms with E-state index in [0.717, 1.165) is 10.9 Å². The summed E-state index contributed by atoms with van der Waals surface area (Å²) in [5.41, 5.74) is 8.67. The lowest BCUT2D eigenvalue weighted by Gasteiger charge is -2.15. The van der Waals surface area contributed by atoms with Gasteiger partial charge in [-0.05, 0) is 81.4 Å². The summed E-state index contributed by atoms with van der Waals surface area (Å²) in [7, 11) is 0. The lowest BCUT2D eigenvalue weighted by molar-refractivity contribution is -0.282. The fourth-order valence-corrected chi connectivity index (χ4v) is 4.54. The third-order valence-electron chi connectivity index (χ3n) is 6.28. The van der Waals surface area contributed by atoms with Gasteiger partial charge in [-0.25, -0.2) is 19.5 Å². The topological polar surface area (TPSA) is 165 Å². The van der Waals surface area contributed by atoms with Crippen molar-refractivity contribution >= 4 is 45.4 Å². The van der Waals surface area contributed by atoms with Crippen molar-refractivity contribution in [1.82, 2.24) is 34.8 Å². The summed E-state index contributed by atoms with van der Waals surface area (Å²) in [6, 6.07) is 17.9. The van der Waals surface area contributed by atoms with Gasteiger partial charge >= 0.3 is 0 Å². The summed E-state index contributed by atoms with van der Waals surface area (Å²) in [5, 5.41) is 13.3. The highest BCUT2D eigenvalue weighted by Crippen LogP contribution is 2.28. The van der Waals surface area contributed by atoms with Crippen molar-refractivity contribution < 1.29 is 23.0 Å². The minimum absolute atomic E-state index is 0.472. The molecule has 0 saturated heterocycles. The predicted octanol–water partition coefficient (Wildman–Crippen LogP) is 7.54. The van der Waals surface area contributed by atoms with Crippen LogP contribution in [0.5, 0.6) is 0 Å². The average molecular weight is 680 g/mol. The van der Waals surface area contributed by atoms with Gasteiger partial charge in [-0.2, -0.15) is 5.10 Å². The Kier molecular flexibility index (Phi) is 11.5. The Hall–Kier alpha value is -4.79. The standard InChI is InChI=1S/C13H7ClN4O.C12H9ClN4O.C7H16O3/c14-8-3-4-10-9(6-8)13-16-12(11-2-1-5-19-11)17-18(13)7-15-10;13-7-3-4-9(14)8(6-7)11-15-12(17-16-11)10-2-1-5-18-10;1-4-8-7(9-5-2)10-6-3/h1-7H;1-6H,14H2,(H,15,16,17);7H,4-6H2,1-3H3. The maximum Gasteiger partial charge on any atom is 0.271 e. The lowest BCUT2D eigenvalue weighted by atomic mass is 10.2. The number of fused-ring (bicyclic) bond motifs is 3. The van der Waals surface area contributed by atoms with Gasteiger partial charge in [0, 0.05) is 46.5 Å². The Bertz CT molecular complexity index is 1980. The SMILES string of the molecule is CCOC(OCC)OCC.Clc1ccc2ncn3nc(-c4ccco4)nc3c2c1.Nc1ccc(Cl)cc1-c1n[nH]c(-c2ccco2)n1. The number of aromatic nitrogens is 7. The molecule has 0 fully saturated rings. The first-order chi connectivity index (χ1) is 22.9. The minimum Gasteiger partial charge on any atom is -0.461 e. The van der Waals surface area contributed by atoms with E-state index in [4.69, 9.17) is 52.0 Å². The lowest BCUT2D eigenvalue weighted by Crippen LogP contribution is -2.20. The third kappa shape index (κ3) is 8.52. The quantitative estimate of drug-likeness (QED) is 0.114. The molecule has 13 nitrogen and oxygen atoms in total. The van der Waals surface area contributed by atoms with E-state index in [2.05, 4.69) is 30.2 Å². The molecular formula is C32H32Cl2N8O5. The van der Waals surface area contributed by atoms with Crippen molar-refractivity contribution in [2.45, 2.75) is 27.2 Å². The van der Waals surface area contributed by atoms with Crippen LogP contribution in [0.1, 0.15) is 20.8 Å². The number of nitrogens with one attached hydrogen (secondary N) is 1. The molecule has 0 spiro atoms. The van der Waals surface area contributed by atoms with Gasteiger partial charge in [0.1, 0.15) is 6.33 Å². The van der Waals surface area contributed by atoms with Crippen LogP contribution in [0.2, 0.25) is 10.0 Å². The molecule has 0 atom stereocenters. The maximum absolute atomic E-state index is 6.02. The fraction of sp³-hybridized carbons (Fsp3) is 0.219. The molecule has 0 amide bonds. The number of nitrogens with zero attached hydrogens (tertiary/aromatic N) is 6. The highest BCUT2D eigenvalue weighted by molar-refractivity contribution is 6.31. The Balaban J connectivity index is 0.000000146. The van der Waals surface area contributed by atoms with E-state index in [-0.39, 0.29) is 0 Å². The summed E-state index contributed by atoms with van der Waals surface area (Å²) in [6.45, 7) is 7.10. The number of halogens is 2. The van der Waals surface area contributed by atoms with Crippen LogP contribution in [-0.4, -0.2) is 61.1 Å². The highest BCUT2D eigenvalue weighted by Gasteiger charge is 2.13. The molecule has 244 valence electrons. The maximum atomic E-state index is 6.02. The zero-order chi connectivity index (χ0) is 33.2. The molecule has 0 aliphatic rings. The molecule has 0 radical (unpaired) electrons. The molecule has 0 aliphatic carbocycles. The van der Waals surface area contributed by atoms with E-state index >= 15 is 0 Å². The Labute approximate surface area is 279 Å². The number of nitrogens with two attached hydrogens (primary N) is 1. The van der Waals surface area contributed by atoms with E-state index in [9.17, 15) is 0 Å². The molecule has 15 heteroatoms. The summed E-state index contributed by atoms with van der Waals surface area (Å²) >= 11 is 12.0. The number of hydrogen-bond donors (Lipinski definition) is 2. The summed E-state index contributed by atoms with van der Waals surface area (Å²) in [4.78, 5) is 13.1. The first-order valence-electron chi connectivity index (χ1n) is 14.6. The molecule has 0 saturated carbocycles. The second-order valence-electron chi connectivity index (χ2n) is 9.46. The van der Waals surface area contributed by atoms with Gasteiger partial charge in [0.15, 0.2) is 28.8 Å². The smallest absolute Gasteiger partial charge is 0.271 e. The van der Waals surface area contributed by atoms with Crippen molar-refractivity contribution in [2.75, 3.05) is 25.6 Å². The van der Waals surface area contributed by atoms with Crippen LogP contribution in [0.15, 0.2) is 88.4 Å². The molecule has 0 unspecified atom stereocenters. The molecule has 5 heterocycles. The number of ether oxygens (including phenoxy) is 3. The van der Waals surface area contributed by atoms with E-state index in [1.54, 1.807) is 65.8 Å². The highest BCUT2D eigenvalue weighted by atomic mass is 35.5. The molecule has 0 aliphatic heterocycles. The van der Waals surface area contributed by atoms with Crippen LogP contribution >= 0.6 is 23.2 Å². The van der Waals surface area contributed by atoms with Gasteiger partial charge < -0.3 is 28.8 Å². The molecule has 47 heavy (non-hydrogen) atoms. The van der Waals surface area contributed by atoms with Gasteiger partial charge in [-0.1, -0.05) is 23.2 Å². The van der Waals surface area contributed by atoms with E-state index < -0.39 is 6.48 Å². The summed E-state index contributed by atoms with van der Waals surface area (Å²) in [5.74, 6) is 2.81. The Morgan fingerprint density at radius 1 is 0.830 bits per heavy atom. The fourth-order valence-electron chi connectivity index (χ4n) is 4.19. The molecule has 2 aromatic carbocycles. The summed E-state index contributed by atoms with van der Waals surface area (Å²) < 4.78 is 27.4. The zero-order valence-electron chi connectivity index (χ0n) is 25.8. The molecular weight excluding hydrogens is 647 g/mol. The first kappa shape index (κ1) is 33.6. The molecule has 7 rings (SSSR count). The van der Waals surface area contributed by atoms with Crippen LogP contribution in [0.25, 0.3) is 51.1 Å². The zero-order valence-corrected chi connectivity index (χ0v) is 27.3. The van der Waals surface area contributed by atoms with Crippen LogP contribution in [-0.2, 0) is 14.2 Å². The number of rotatable bonds is 9. The minimum atomic E-state index is -0.472. The van der Waals surface area contributed by atoms with Gasteiger partial charge in [0.2, 0.25) is 5.82 Å². The van der Waals surface area contributed by atoms with Crippen molar-refractivity contribution in [1.29, 1.82) is 0 Å². The number of aromatic amines is 1. The second-order valence-corrected chi connectivity index (χ2v) is 10.3. The average Bonchev–Trinajstić information content (AvgIpc) is 3.90. The normalized spacial score (nSPS) is 11.0. The Morgan fingerprint density at radius 2 is 1.49 bits per heavy atom. The molecule has 5 aromatic heterocycles. The number of furan rings is 2. The van der Waals surface area contributed by atoms with Crippen LogP contribution in [0.3, 0.4) is 0 Å². The van der Waals surface area contributed by atoms with Crippen molar-refractivity contribution in [3.05, 3.63) is 89.6 Å². The third-order valence-corrected chi connectivity index (χ3v) is 6.75. The van der Waals surface area contributed by atoms with Crippen LogP contribution < -0.4 is 5.73 Å². The van der Waals surface area contributed by atoms with E-state index in [1.807, 2.05) is 39.0 Å². The van der Waals surface area contributed by atoms with Crippen LogP contribution in [0.4, 0.5) is 5.69 Å². The number of H-pyrrole nitrogens is 1. The largest absolute Gasteiger partial charge is 0.461 e. The number of nitrogen functional groups attached to an aromatic ring is 1. The van der Waals surface area contributed by atoms with Crippen molar-refractivity contribution in [2.24, 2.45) is 0 Å². The number of anilines is 1. The van der Waals surface area contributed by atoms with Crippen LogP contribution in [0, 0.1) is 0 Å². The monoisotopic (exact) mass is 678 g/mol. The predicted molar refractivity (Wildman–Crippen MR) is 179 cm³/mol. The Morgan fingerprint density at radius 3 is 2.15 bits per heavy atom. The first-order valence-corrected chi connectivity index (χ1v) is 15.4. The van der Waals surface area contributed by atoms with Crippen molar-refractivity contribution in [3.63, 3.8) is 0 Å². The van der Waals surface area contributed by atoms with Gasteiger partial charge in [-0.3, -0.25) is 5.10 Å². The summed E-state index contributed by atoms with van der Waals surface area (Å²) in [6.07, 6.45) is 4.80. The van der Waals surface area contributed by atoms with Gasteiger partial charge in [-0.15, -0.1) is 5.10 Å². The van der Waals surface area contributed by atoms with E-state index in [1.165, 1.54) is 0 Å². The van der Waals surface area contributed by atoms with Crippen molar-refractivity contribution in [3.8, 4) is 34.6 Å². The molecule has 3 N–H and O–H groups in total. The van der Waals surface area contributed by atoms with Gasteiger partial charge in [0.25, 0.3) is 6.48 Å². The second kappa shape index (κ2) is 16.2. The van der Waals surface area contributed by atoms with E-state index in [0.29, 0.717) is 75.8 Å². The molecule has 7 aromatic rings. The number of hydrogen-bond acceptors (Lipinski definition) is 11.